The second-order valence-electron chi connectivity index (χ2n) is 5.00. The topological polar surface area (TPSA) is 41.1 Å². The second-order valence-corrected chi connectivity index (χ2v) is 5.92. The lowest BCUT2D eigenvalue weighted by Gasteiger charge is -2.22. The summed E-state index contributed by atoms with van der Waals surface area (Å²) in [6.45, 7) is 2.41. The standard InChI is InChI=1S/C14H17BrF2N2O.ClH/c15-10-6-11(16)13(12(17)7-10)14(20)19-5-3-9-2-1-4-18-8-9;/h6-7,9,18H,1-5,8H2,(H,19,20);1H. The Kier molecular flexibility index (Phi) is 7.56. The van der Waals surface area contributed by atoms with Gasteiger partial charge in [-0.3, -0.25) is 4.79 Å². The molecule has 21 heavy (non-hydrogen) atoms. The van der Waals surface area contributed by atoms with Gasteiger partial charge in [0.1, 0.15) is 17.2 Å². The fourth-order valence-electron chi connectivity index (χ4n) is 2.41. The maximum Gasteiger partial charge on any atom is 0.257 e. The quantitative estimate of drug-likeness (QED) is 0.838. The molecule has 1 aromatic rings. The molecule has 1 aliphatic rings. The van der Waals surface area contributed by atoms with Crippen LogP contribution in [-0.2, 0) is 0 Å². The van der Waals surface area contributed by atoms with Crippen LogP contribution in [-0.4, -0.2) is 25.5 Å². The molecule has 2 rings (SSSR count). The molecule has 1 unspecified atom stereocenters. The predicted molar refractivity (Wildman–Crippen MR) is 83.8 cm³/mol. The first-order chi connectivity index (χ1) is 9.58. The number of benzene rings is 1. The number of nitrogens with one attached hydrogen (secondary N) is 2. The number of carbonyl (C=O) groups is 1. The Morgan fingerprint density at radius 1 is 1.38 bits per heavy atom. The zero-order chi connectivity index (χ0) is 14.5. The van der Waals surface area contributed by atoms with Gasteiger partial charge >= 0.3 is 0 Å². The van der Waals surface area contributed by atoms with Gasteiger partial charge in [0.15, 0.2) is 0 Å². The number of amides is 1. The van der Waals surface area contributed by atoms with Crippen LogP contribution in [0.1, 0.15) is 29.6 Å². The van der Waals surface area contributed by atoms with Crippen molar-refractivity contribution in [3.63, 3.8) is 0 Å². The van der Waals surface area contributed by atoms with Gasteiger partial charge in [0.2, 0.25) is 0 Å². The van der Waals surface area contributed by atoms with E-state index >= 15 is 0 Å². The molecule has 1 aromatic carbocycles. The van der Waals surface area contributed by atoms with Crippen LogP contribution >= 0.6 is 28.3 Å². The van der Waals surface area contributed by atoms with Crippen molar-refractivity contribution in [2.24, 2.45) is 5.92 Å². The van der Waals surface area contributed by atoms with E-state index in [1.165, 1.54) is 0 Å². The van der Waals surface area contributed by atoms with E-state index in [1.54, 1.807) is 0 Å². The van der Waals surface area contributed by atoms with Crippen LogP contribution in [0.25, 0.3) is 0 Å². The lowest BCUT2D eigenvalue weighted by atomic mass is 9.96. The molecule has 0 radical (unpaired) electrons. The highest BCUT2D eigenvalue weighted by atomic mass is 79.9. The summed E-state index contributed by atoms with van der Waals surface area (Å²) < 4.78 is 27.5. The van der Waals surface area contributed by atoms with E-state index in [-0.39, 0.29) is 16.9 Å². The second kappa shape index (κ2) is 8.66. The molecule has 1 heterocycles. The lowest BCUT2D eigenvalue weighted by Crippen LogP contribution is -2.33. The summed E-state index contributed by atoms with van der Waals surface area (Å²) in [5.41, 5.74) is -0.519. The van der Waals surface area contributed by atoms with Crippen molar-refractivity contribution in [2.75, 3.05) is 19.6 Å². The summed E-state index contributed by atoms with van der Waals surface area (Å²) in [6.07, 6.45) is 3.08. The van der Waals surface area contributed by atoms with Crippen molar-refractivity contribution in [1.29, 1.82) is 0 Å². The number of hydrogen-bond acceptors (Lipinski definition) is 2. The number of carbonyl (C=O) groups excluding carboxylic acids is 1. The monoisotopic (exact) mass is 382 g/mol. The fourth-order valence-corrected chi connectivity index (χ4v) is 2.81. The number of rotatable bonds is 4. The van der Waals surface area contributed by atoms with Crippen molar-refractivity contribution < 1.29 is 13.6 Å². The molecule has 3 nitrogen and oxygen atoms in total. The Morgan fingerprint density at radius 3 is 2.62 bits per heavy atom. The smallest absolute Gasteiger partial charge is 0.257 e. The molecule has 1 saturated heterocycles. The Hall–Kier alpha value is -0.720. The predicted octanol–water partition coefficient (Wildman–Crippen LogP) is 3.27. The summed E-state index contributed by atoms with van der Waals surface area (Å²) in [5.74, 6) is -1.89. The van der Waals surface area contributed by atoms with Crippen molar-refractivity contribution in [3.05, 3.63) is 33.8 Å². The average molecular weight is 384 g/mol. The molecule has 0 aromatic heterocycles. The minimum Gasteiger partial charge on any atom is -0.352 e. The van der Waals surface area contributed by atoms with Gasteiger partial charge in [0, 0.05) is 11.0 Å². The van der Waals surface area contributed by atoms with E-state index in [0.29, 0.717) is 12.5 Å². The SMILES string of the molecule is Cl.O=C(NCCC1CCCNC1)c1c(F)cc(Br)cc1F. The minimum atomic E-state index is -0.853. The first-order valence-corrected chi connectivity index (χ1v) is 7.50. The molecule has 0 spiro atoms. The van der Waals surface area contributed by atoms with Gasteiger partial charge in [-0.2, -0.15) is 0 Å². The van der Waals surface area contributed by atoms with Crippen LogP contribution in [0.4, 0.5) is 8.78 Å². The van der Waals surface area contributed by atoms with Crippen LogP contribution in [0.15, 0.2) is 16.6 Å². The molecule has 0 bridgehead atoms. The Labute approximate surface area is 137 Å². The Morgan fingerprint density at radius 2 is 2.05 bits per heavy atom. The van der Waals surface area contributed by atoms with Crippen LogP contribution in [0.2, 0.25) is 0 Å². The van der Waals surface area contributed by atoms with Crippen molar-refractivity contribution in [3.8, 4) is 0 Å². The molecule has 7 heteroatoms. The summed E-state index contributed by atoms with van der Waals surface area (Å²) in [7, 11) is 0. The van der Waals surface area contributed by atoms with Gasteiger partial charge in [-0.1, -0.05) is 15.9 Å². The molecule has 0 aliphatic carbocycles. The highest BCUT2D eigenvalue weighted by Crippen LogP contribution is 2.19. The van der Waals surface area contributed by atoms with Gasteiger partial charge in [-0.25, -0.2) is 8.78 Å². The van der Waals surface area contributed by atoms with Gasteiger partial charge in [0.05, 0.1) is 0 Å². The zero-order valence-corrected chi connectivity index (χ0v) is 13.8. The van der Waals surface area contributed by atoms with Gasteiger partial charge in [0.25, 0.3) is 5.91 Å². The largest absolute Gasteiger partial charge is 0.352 e. The van der Waals surface area contributed by atoms with Gasteiger partial charge in [-0.15, -0.1) is 12.4 Å². The summed E-state index contributed by atoms with van der Waals surface area (Å²) >= 11 is 2.98. The van der Waals surface area contributed by atoms with Crippen LogP contribution in [0, 0.1) is 17.6 Å². The summed E-state index contributed by atoms with van der Waals surface area (Å²) in [6, 6.07) is 2.17. The minimum absolute atomic E-state index is 0. The molecular formula is C14H18BrClF2N2O. The zero-order valence-electron chi connectivity index (χ0n) is 11.4. The highest BCUT2D eigenvalue weighted by Gasteiger charge is 2.19. The van der Waals surface area contributed by atoms with E-state index in [4.69, 9.17) is 0 Å². The van der Waals surface area contributed by atoms with Gasteiger partial charge < -0.3 is 10.6 Å². The third kappa shape index (κ3) is 5.20. The lowest BCUT2D eigenvalue weighted by molar-refractivity contribution is 0.0942. The fraction of sp³-hybridized carbons (Fsp3) is 0.500. The molecule has 0 saturated carbocycles. The molecule has 1 atom stereocenters. The van der Waals surface area contributed by atoms with Crippen LogP contribution < -0.4 is 10.6 Å². The molecular weight excluding hydrogens is 366 g/mol. The third-order valence-electron chi connectivity index (χ3n) is 3.47. The van der Waals surface area contributed by atoms with Crippen molar-refractivity contribution >= 4 is 34.2 Å². The maximum atomic E-state index is 13.6. The summed E-state index contributed by atoms with van der Waals surface area (Å²) in [4.78, 5) is 11.8. The Balaban J connectivity index is 0.00000220. The maximum absolute atomic E-state index is 13.6. The van der Waals surface area contributed by atoms with E-state index in [2.05, 4.69) is 26.6 Å². The van der Waals surface area contributed by atoms with Gasteiger partial charge in [-0.05, 0) is 50.4 Å². The molecule has 1 amide bonds. The molecule has 1 aliphatic heterocycles. The number of piperidine rings is 1. The summed E-state index contributed by atoms with van der Waals surface area (Å²) in [5, 5.41) is 5.88. The first-order valence-electron chi connectivity index (χ1n) is 6.71. The van der Waals surface area contributed by atoms with E-state index in [1.807, 2.05) is 0 Å². The molecule has 2 N–H and O–H groups in total. The van der Waals surface area contributed by atoms with E-state index in [9.17, 15) is 13.6 Å². The van der Waals surface area contributed by atoms with Crippen LogP contribution in [0.5, 0.6) is 0 Å². The molecule has 118 valence electrons. The van der Waals surface area contributed by atoms with Crippen molar-refractivity contribution in [1.82, 2.24) is 10.6 Å². The Bertz CT molecular complexity index is 473. The van der Waals surface area contributed by atoms with E-state index in [0.717, 1.165) is 44.5 Å². The molecule has 1 fully saturated rings. The highest BCUT2D eigenvalue weighted by molar-refractivity contribution is 9.10. The first kappa shape index (κ1) is 18.3. The third-order valence-corrected chi connectivity index (χ3v) is 3.93. The average Bonchev–Trinajstić information content (AvgIpc) is 2.38. The van der Waals surface area contributed by atoms with E-state index < -0.39 is 23.1 Å². The normalized spacial score (nSPS) is 18.0. The van der Waals surface area contributed by atoms with Crippen LogP contribution in [0.3, 0.4) is 0 Å². The number of halogens is 4. The number of hydrogen-bond donors (Lipinski definition) is 2. The van der Waals surface area contributed by atoms with Crippen molar-refractivity contribution in [2.45, 2.75) is 19.3 Å².